The quantitative estimate of drug-likeness (QED) is 0.685. The van der Waals surface area contributed by atoms with Gasteiger partial charge in [-0.2, -0.15) is 0 Å². The molecule has 0 saturated heterocycles. The second kappa shape index (κ2) is 9.46. The molecule has 1 atom stereocenters. The average molecular weight is 317 g/mol. The lowest BCUT2D eigenvalue weighted by atomic mass is 9.98. The van der Waals surface area contributed by atoms with E-state index >= 15 is 0 Å². The number of benzene rings is 1. The van der Waals surface area contributed by atoms with E-state index in [4.69, 9.17) is 9.84 Å². The number of esters is 1. The number of ether oxygens (including phenoxy) is 1. The Balaban J connectivity index is 2.80. The van der Waals surface area contributed by atoms with Crippen molar-refractivity contribution in [3.8, 4) is 0 Å². The van der Waals surface area contributed by atoms with Crippen LogP contribution in [0, 0.1) is 0 Å². The van der Waals surface area contributed by atoms with Crippen LogP contribution in [0.3, 0.4) is 0 Å². The number of allylic oxidation sites excluding steroid dienone is 2. The maximum absolute atomic E-state index is 12.0. The van der Waals surface area contributed by atoms with E-state index in [0.717, 1.165) is 11.1 Å². The molecular weight excluding hydrogens is 294 g/mol. The van der Waals surface area contributed by atoms with E-state index in [0.29, 0.717) is 12.1 Å². The number of hydrogen-bond donors (Lipinski definition) is 2. The number of hydrogen-bond acceptors (Lipinski definition) is 4. The first kappa shape index (κ1) is 18.5. The molecule has 1 aromatic carbocycles. The van der Waals surface area contributed by atoms with Crippen LogP contribution in [-0.2, 0) is 14.3 Å². The molecule has 1 aromatic rings. The molecular formula is C18H23NO4. The third kappa shape index (κ3) is 6.38. The van der Waals surface area contributed by atoms with Gasteiger partial charge in [-0.25, -0.2) is 4.79 Å². The van der Waals surface area contributed by atoms with E-state index in [1.165, 1.54) is 7.11 Å². The number of rotatable bonds is 9. The van der Waals surface area contributed by atoms with Crippen LogP contribution in [0.2, 0.25) is 0 Å². The highest BCUT2D eigenvalue weighted by Crippen LogP contribution is 2.21. The third-order valence-corrected chi connectivity index (χ3v) is 3.42. The smallest absolute Gasteiger partial charge is 0.328 e. The van der Waals surface area contributed by atoms with Gasteiger partial charge >= 0.3 is 11.9 Å². The molecule has 0 spiro atoms. The summed E-state index contributed by atoms with van der Waals surface area (Å²) in [5, 5.41) is 11.7. The van der Waals surface area contributed by atoms with Gasteiger partial charge < -0.3 is 15.2 Å². The second-order valence-electron chi connectivity index (χ2n) is 5.10. The van der Waals surface area contributed by atoms with E-state index in [-0.39, 0.29) is 12.8 Å². The maximum Gasteiger partial charge on any atom is 0.328 e. The summed E-state index contributed by atoms with van der Waals surface area (Å²) in [5.74, 6) is -1.31. The van der Waals surface area contributed by atoms with Gasteiger partial charge in [0, 0.05) is 12.1 Å². The van der Waals surface area contributed by atoms with Crippen LogP contribution in [-0.4, -0.2) is 30.2 Å². The van der Waals surface area contributed by atoms with Crippen molar-refractivity contribution in [3.63, 3.8) is 0 Å². The Morgan fingerprint density at radius 3 is 2.48 bits per heavy atom. The molecule has 2 N–H and O–H groups in total. The van der Waals surface area contributed by atoms with Gasteiger partial charge in [-0.3, -0.25) is 4.79 Å². The Hall–Kier alpha value is -2.56. The van der Waals surface area contributed by atoms with Gasteiger partial charge in [-0.1, -0.05) is 43.0 Å². The summed E-state index contributed by atoms with van der Waals surface area (Å²) in [6.45, 7) is 5.70. The standard InChI is InChI=1S/C18H23NO4/c1-4-14(15-8-6-5-7-9-15)12-16(18(22)23-3)19-13(2)10-11-17(20)21/h4-9,16,19H,2,10-12H2,1,3H3,(H,20,21)/b14-4-. The van der Waals surface area contributed by atoms with Crippen molar-refractivity contribution >= 4 is 17.5 Å². The van der Waals surface area contributed by atoms with Crippen molar-refractivity contribution in [2.24, 2.45) is 0 Å². The van der Waals surface area contributed by atoms with Crippen LogP contribution in [0.1, 0.15) is 31.7 Å². The first-order valence-electron chi connectivity index (χ1n) is 7.42. The first-order chi connectivity index (χ1) is 11.0. The lowest BCUT2D eigenvalue weighted by Gasteiger charge is -2.20. The number of carboxylic acids is 1. The molecule has 124 valence electrons. The van der Waals surface area contributed by atoms with Crippen molar-refractivity contribution < 1.29 is 19.4 Å². The SMILES string of the molecule is C=C(CCC(=O)O)NC(C/C(=C/C)c1ccccc1)C(=O)OC. The number of methoxy groups -OCH3 is 1. The van der Waals surface area contributed by atoms with E-state index in [9.17, 15) is 9.59 Å². The van der Waals surface area contributed by atoms with Gasteiger partial charge in [-0.15, -0.1) is 0 Å². The summed E-state index contributed by atoms with van der Waals surface area (Å²) in [6, 6.07) is 9.15. The van der Waals surface area contributed by atoms with Crippen molar-refractivity contribution in [1.82, 2.24) is 5.32 Å². The molecule has 23 heavy (non-hydrogen) atoms. The van der Waals surface area contributed by atoms with Crippen molar-refractivity contribution in [2.45, 2.75) is 32.2 Å². The highest BCUT2D eigenvalue weighted by molar-refractivity contribution is 5.80. The summed E-state index contributed by atoms with van der Waals surface area (Å²) in [7, 11) is 1.33. The number of carbonyl (C=O) groups is 2. The zero-order chi connectivity index (χ0) is 17.2. The van der Waals surface area contributed by atoms with E-state index in [1.807, 2.05) is 43.3 Å². The van der Waals surface area contributed by atoms with Gasteiger partial charge in [0.25, 0.3) is 0 Å². The molecule has 0 bridgehead atoms. The molecule has 1 rings (SSSR count). The molecule has 0 fully saturated rings. The van der Waals surface area contributed by atoms with E-state index in [1.54, 1.807) is 0 Å². The molecule has 0 amide bonds. The van der Waals surface area contributed by atoms with Gasteiger partial charge in [0.1, 0.15) is 6.04 Å². The van der Waals surface area contributed by atoms with Crippen LogP contribution in [0.4, 0.5) is 0 Å². The Labute approximate surface area is 136 Å². The maximum atomic E-state index is 12.0. The highest BCUT2D eigenvalue weighted by Gasteiger charge is 2.21. The molecule has 0 heterocycles. The van der Waals surface area contributed by atoms with E-state index < -0.39 is 18.0 Å². The predicted octanol–water partition coefficient (Wildman–Crippen LogP) is 2.99. The Morgan fingerprint density at radius 1 is 1.30 bits per heavy atom. The molecule has 0 aliphatic carbocycles. The minimum atomic E-state index is -0.902. The minimum absolute atomic E-state index is 0.0329. The van der Waals surface area contributed by atoms with Crippen LogP contribution in [0.5, 0.6) is 0 Å². The summed E-state index contributed by atoms with van der Waals surface area (Å²) >= 11 is 0. The fourth-order valence-electron chi connectivity index (χ4n) is 2.19. The summed E-state index contributed by atoms with van der Waals surface area (Å²) in [5.41, 5.74) is 2.53. The normalized spacial score (nSPS) is 12.3. The molecule has 0 aromatic heterocycles. The Morgan fingerprint density at radius 2 is 1.96 bits per heavy atom. The average Bonchev–Trinajstić information content (AvgIpc) is 2.56. The van der Waals surface area contributed by atoms with Crippen molar-refractivity contribution in [1.29, 1.82) is 0 Å². The molecule has 0 saturated carbocycles. The first-order valence-corrected chi connectivity index (χ1v) is 7.42. The predicted molar refractivity (Wildman–Crippen MR) is 89.7 cm³/mol. The molecule has 1 unspecified atom stereocenters. The second-order valence-corrected chi connectivity index (χ2v) is 5.10. The zero-order valence-corrected chi connectivity index (χ0v) is 13.5. The van der Waals surface area contributed by atoms with Crippen molar-refractivity contribution in [3.05, 3.63) is 54.2 Å². The fraction of sp³-hybridized carbons (Fsp3) is 0.333. The fourth-order valence-corrected chi connectivity index (χ4v) is 2.19. The lowest BCUT2D eigenvalue weighted by molar-refractivity contribution is -0.142. The van der Waals surface area contributed by atoms with Crippen LogP contribution < -0.4 is 5.32 Å². The van der Waals surface area contributed by atoms with Gasteiger partial charge in [0.15, 0.2) is 0 Å². The zero-order valence-electron chi connectivity index (χ0n) is 13.5. The lowest BCUT2D eigenvalue weighted by Crippen LogP contribution is -2.37. The Bertz CT molecular complexity index is 578. The largest absolute Gasteiger partial charge is 0.481 e. The third-order valence-electron chi connectivity index (χ3n) is 3.42. The minimum Gasteiger partial charge on any atom is -0.481 e. The number of aliphatic carboxylic acids is 1. The number of nitrogens with one attached hydrogen (secondary N) is 1. The molecule has 5 heteroatoms. The summed E-state index contributed by atoms with van der Waals surface area (Å²) in [6.07, 6.45) is 2.61. The summed E-state index contributed by atoms with van der Waals surface area (Å²) in [4.78, 5) is 22.6. The van der Waals surface area contributed by atoms with Gasteiger partial charge in [0.2, 0.25) is 0 Å². The Kier molecular flexibility index (Phi) is 7.60. The molecule has 0 radical (unpaired) electrons. The highest BCUT2D eigenvalue weighted by atomic mass is 16.5. The molecule has 0 aliphatic heterocycles. The number of carboxylic acid groups (broad SMARTS) is 1. The topological polar surface area (TPSA) is 75.6 Å². The number of carbonyl (C=O) groups excluding carboxylic acids is 1. The van der Waals surface area contributed by atoms with E-state index in [2.05, 4.69) is 11.9 Å². The van der Waals surface area contributed by atoms with Gasteiger partial charge in [-0.05, 0) is 24.5 Å². The monoisotopic (exact) mass is 317 g/mol. The van der Waals surface area contributed by atoms with Crippen LogP contribution in [0.25, 0.3) is 5.57 Å². The molecule has 5 nitrogen and oxygen atoms in total. The molecule has 0 aliphatic rings. The van der Waals surface area contributed by atoms with Crippen molar-refractivity contribution in [2.75, 3.05) is 7.11 Å². The van der Waals surface area contributed by atoms with Gasteiger partial charge in [0.05, 0.1) is 13.5 Å². The van der Waals surface area contributed by atoms with Crippen LogP contribution in [0.15, 0.2) is 48.7 Å². The summed E-state index contributed by atoms with van der Waals surface area (Å²) < 4.78 is 4.83. The van der Waals surface area contributed by atoms with Crippen LogP contribution >= 0.6 is 0 Å².